The lowest BCUT2D eigenvalue weighted by atomic mass is 9.74. The van der Waals surface area contributed by atoms with Crippen molar-refractivity contribution < 1.29 is 9.47 Å². The fraction of sp³-hybridized carbons (Fsp3) is 0.571. The first-order chi connectivity index (χ1) is 8.64. The molecule has 4 nitrogen and oxygen atoms in total. The van der Waals surface area contributed by atoms with Gasteiger partial charge >= 0.3 is 0 Å². The molecule has 1 aromatic carbocycles. The highest BCUT2D eigenvalue weighted by atomic mass is 16.5. The largest absolute Gasteiger partial charge is 0.493 e. The lowest BCUT2D eigenvalue weighted by Gasteiger charge is -2.43. The van der Waals surface area contributed by atoms with Crippen LogP contribution < -0.4 is 20.5 Å². The maximum atomic E-state index is 6.06. The van der Waals surface area contributed by atoms with E-state index < -0.39 is 0 Å². The maximum Gasteiger partial charge on any atom is 0.162 e. The summed E-state index contributed by atoms with van der Waals surface area (Å²) >= 11 is 0. The Bertz CT molecular complexity index is 423. The topological polar surface area (TPSA) is 56.5 Å². The number of nitrogens with one attached hydrogen (secondary N) is 1. The van der Waals surface area contributed by atoms with Crippen LogP contribution in [0.5, 0.6) is 11.5 Å². The Labute approximate surface area is 108 Å². The van der Waals surface area contributed by atoms with E-state index in [9.17, 15) is 0 Å². The fourth-order valence-electron chi connectivity index (χ4n) is 2.46. The Morgan fingerprint density at radius 2 is 1.83 bits per heavy atom. The quantitative estimate of drug-likeness (QED) is 0.789. The molecule has 0 radical (unpaired) electrons. The molecule has 18 heavy (non-hydrogen) atoms. The summed E-state index contributed by atoms with van der Waals surface area (Å²) in [5, 5.41) is 3.58. The first-order valence-electron chi connectivity index (χ1n) is 6.44. The third-order valence-electron chi connectivity index (χ3n) is 3.94. The predicted molar refractivity (Wildman–Crippen MR) is 74.5 cm³/mol. The van der Waals surface area contributed by atoms with Gasteiger partial charge in [-0.25, -0.2) is 0 Å². The molecule has 1 aliphatic rings. The van der Waals surface area contributed by atoms with Gasteiger partial charge < -0.3 is 20.5 Å². The fourth-order valence-corrected chi connectivity index (χ4v) is 2.46. The van der Waals surface area contributed by atoms with Crippen molar-refractivity contribution in [3.8, 4) is 11.5 Å². The van der Waals surface area contributed by atoms with Crippen LogP contribution in [0.2, 0.25) is 0 Å². The van der Waals surface area contributed by atoms with Gasteiger partial charge in [0, 0.05) is 17.7 Å². The molecular weight excluding hydrogens is 228 g/mol. The van der Waals surface area contributed by atoms with Crippen molar-refractivity contribution in [1.29, 1.82) is 0 Å². The highest BCUT2D eigenvalue weighted by molar-refractivity contribution is 5.72. The van der Waals surface area contributed by atoms with E-state index in [1.807, 2.05) is 12.1 Å². The van der Waals surface area contributed by atoms with E-state index in [4.69, 9.17) is 15.2 Å². The normalized spacial score (nSPS) is 16.8. The Kier molecular flexibility index (Phi) is 3.55. The molecule has 4 heteroatoms. The Morgan fingerprint density at radius 3 is 2.28 bits per heavy atom. The van der Waals surface area contributed by atoms with Gasteiger partial charge in [-0.3, -0.25) is 0 Å². The smallest absolute Gasteiger partial charge is 0.162 e. The van der Waals surface area contributed by atoms with Gasteiger partial charge in [0.15, 0.2) is 11.5 Å². The van der Waals surface area contributed by atoms with Crippen molar-refractivity contribution in [2.24, 2.45) is 0 Å². The van der Waals surface area contributed by atoms with Crippen molar-refractivity contribution >= 4 is 11.4 Å². The summed E-state index contributed by atoms with van der Waals surface area (Å²) in [6, 6.07) is 3.73. The molecule has 0 atom stereocenters. The highest BCUT2D eigenvalue weighted by Crippen LogP contribution is 2.42. The molecule has 0 amide bonds. The number of anilines is 2. The van der Waals surface area contributed by atoms with Gasteiger partial charge in [0.2, 0.25) is 0 Å². The van der Waals surface area contributed by atoms with Crippen LogP contribution in [-0.2, 0) is 0 Å². The molecule has 0 heterocycles. The first kappa shape index (κ1) is 12.9. The maximum absolute atomic E-state index is 6.06. The number of methoxy groups -OCH3 is 2. The summed E-state index contributed by atoms with van der Waals surface area (Å²) in [6.45, 7) is 2.21. The summed E-state index contributed by atoms with van der Waals surface area (Å²) < 4.78 is 10.5. The number of hydrogen-bond donors (Lipinski definition) is 2. The zero-order valence-corrected chi connectivity index (χ0v) is 11.4. The number of rotatable bonds is 5. The van der Waals surface area contributed by atoms with Crippen LogP contribution in [0.1, 0.15) is 32.6 Å². The minimum absolute atomic E-state index is 0.216. The Hall–Kier alpha value is -1.58. The van der Waals surface area contributed by atoms with E-state index in [-0.39, 0.29) is 5.54 Å². The van der Waals surface area contributed by atoms with Gasteiger partial charge in [-0.05, 0) is 25.7 Å². The molecule has 0 saturated heterocycles. The number of ether oxygens (including phenoxy) is 2. The summed E-state index contributed by atoms with van der Waals surface area (Å²) in [4.78, 5) is 0. The van der Waals surface area contributed by atoms with Crippen molar-refractivity contribution in [3.63, 3.8) is 0 Å². The van der Waals surface area contributed by atoms with E-state index in [1.165, 1.54) is 19.3 Å². The van der Waals surface area contributed by atoms with E-state index in [0.717, 1.165) is 12.1 Å². The number of benzene rings is 1. The standard InChI is InChI=1S/C14H22N2O2/c1-4-14(6-5-7-14)16-11-9-13(18-3)12(17-2)8-10(11)15/h8-9,16H,4-7,15H2,1-3H3. The molecule has 100 valence electrons. The monoisotopic (exact) mass is 250 g/mol. The minimum Gasteiger partial charge on any atom is -0.493 e. The van der Waals surface area contributed by atoms with Gasteiger partial charge in [0.1, 0.15) is 0 Å². The highest BCUT2D eigenvalue weighted by Gasteiger charge is 2.35. The third kappa shape index (κ3) is 2.19. The van der Waals surface area contributed by atoms with Crippen LogP contribution in [0, 0.1) is 0 Å². The van der Waals surface area contributed by atoms with Gasteiger partial charge in [-0.2, -0.15) is 0 Å². The molecule has 2 rings (SSSR count). The van der Waals surface area contributed by atoms with Crippen molar-refractivity contribution in [1.82, 2.24) is 0 Å². The average Bonchev–Trinajstić information content (AvgIpc) is 2.35. The van der Waals surface area contributed by atoms with Crippen LogP contribution in [0.15, 0.2) is 12.1 Å². The van der Waals surface area contributed by atoms with Crippen molar-refractivity contribution in [2.75, 3.05) is 25.3 Å². The van der Waals surface area contributed by atoms with E-state index in [0.29, 0.717) is 17.2 Å². The third-order valence-corrected chi connectivity index (χ3v) is 3.94. The molecule has 0 spiro atoms. The summed E-state index contributed by atoms with van der Waals surface area (Å²) in [5.74, 6) is 1.37. The lowest BCUT2D eigenvalue weighted by Crippen LogP contribution is -2.44. The number of hydrogen-bond acceptors (Lipinski definition) is 4. The molecular formula is C14H22N2O2. The molecule has 0 aromatic heterocycles. The van der Waals surface area contributed by atoms with Crippen LogP contribution in [0.4, 0.5) is 11.4 Å². The van der Waals surface area contributed by atoms with E-state index >= 15 is 0 Å². The number of nitrogen functional groups attached to an aromatic ring is 1. The molecule has 3 N–H and O–H groups in total. The molecule has 1 fully saturated rings. The molecule has 1 aliphatic carbocycles. The van der Waals surface area contributed by atoms with Gasteiger partial charge in [0.05, 0.1) is 25.6 Å². The van der Waals surface area contributed by atoms with Crippen LogP contribution in [-0.4, -0.2) is 19.8 Å². The molecule has 0 unspecified atom stereocenters. The van der Waals surface area contributed by atoms with Gasteiger partial charge in [0.25, 0.3) is 0 Å². The average molecular weight is 250 g/mol. The van der Waals surface area contributed by atoms with Crippen LogP contribution in [0.3, 0.4) is 0 Å². The van der Waals surface area contributed by atoms with Crippen molar-refractivity contribution in [3.05, 3.63) is 12.1 Å². The zero-order chi connectivity index (χ0) is 13.2. The van der Waals surface area contributed by atoms with Gasteiger partial charge in [-0.15, -0.1) is 0 Å². The SMILES string of the molecule is CCC1(Nc2cc(OC)c(OC)cc2N)CCC1. The van der Waals surface area contributed by atoms with Gasteiger partial charge in [-0.1, -0.05) is 6.92 Å². The molecule has 1 saturated carbocycles. The van der Waals surface area contributed by atoms with E-state index in [1.54, 1.807) is 14.2 Å². The second-order valence-corrected chi connectivity index (χ2v) is 4.91. The summed E-state index contributed by atoms with van der Waals surface area (Å²) in [5.41, 5.74) is 7.92. The zero-order valence-electron chi connectivity index (χ0n) is 11.4. The molecule has 1 aromatic rings. The van der Waals surface area contributed by atoms with E-state index in [2.05, 4.69) is 12.2 Å². The predicted octanol–water partition coefficient (Wildman–Crippen LogP) is 3.03. The summed E-state index contributed by atoms with van der Waals surface area (Å²) in [7, 11) is 3.25. The Morgan fingerprint density at radius 1 is 1.22 bits per heavy atom. The second kappa shape index (κ2) is 4.96. The lowest BCUT2D eigenvalue weighted by molar-refractivity contribution is 0.269. The molecule has 0 aliphatic heterocycles. The van der Waals surface area contributed by atoms with Crippen LogP contribution in [0.25, 0.3) is 0 Å². The van der Waals surface area contributed by atoms with Crippen LogP contribution >= 0.6 is 0 Å². The first-order valence-corrected chi connectivity index (χ1v) is 6.44. The summed E-state index contributed by atoms with van der Waals surface area (Å²) in [6.07, 6.45) is 4.81. The molecule has 0 bridgehead atoms. The van der Waals surface area contributed by atoms with Crippen molar-refractivity contribution in [2.45, 2.75) is 38.1 Å². The number of nitrogens with two attached hydrogens (primary N) is 1. The second-order valence-electron chi connectivity index (χ2n) is 4.91. The minimum atomic E-state index is 0.216. The Balaban J connectivity index is 2.27.